The van der Waals surface area contributed by atoms with Crippen LogP contribution >= 0.6 is 11.6 Å². The van der Waals surface area contributed by atoms with E-state index in [0.29, 0.717) is 31.1 Å². The molecule has 0 N–H and O–H groups in total. The number of hydrogen-bond acceptors (Lipinski definition) is 5. The highest BCUT2D eigenvalue weighted by Gasteiger charge is 2.16. The summed E-state index contributed by atoms with van der Waals surface area (Å²) in [6.45, 7) is 6.64. The van der Waals surface area contributed by atoms with Crippen molar-refractivity contribution in [3.63, 3.8) is 0 Å². The largest absolute Gasteiger partial charge is 0.494 e. The Morgan fingerprint density at radius 2 is 1.39 bits per heavy atom. The number of carbonyl (C=O) groups excluding carboxylic acids is 2. The van der Waals surface area contributed by atoms with E-state index in [1.807, 2.05) is 99.6 Å². The molecule has 0 unspecified atom stereocenters. The Labute approximate surface area is 230 Å². The Hall–Kier alpha value is -3.51. The number of alkyl halides is 1. The summed E-state index contributed by atoms with van der Waals surface area (Å²) in [6.07, 6.45) is 2.98. The van der Waals surface area contributed by atoms with Gasteiger partial charge in [-0.1, -0.05) is 30.3 Å². The van der Waals surface area contributed by atoms with Gasteiger partial charge >= 0.3 is 5.97 Å². The molecule has 1 amide bonds. The molecule has 0 saturated carbocycles. The zero-order valence-electron chi connectivity index (χ0n) is 22.3. The van der Waals surface area contributed by atoms with Gasteiger partial charge in [0.2, 0.25) is 5.91 Å². The molecule has 0 heterocycles. The molecule has 0 aliphatic heterocycles. The maximum Gasteiger partial charge on any atom is 0.306 e. The quantitative estimate of drug-likeness (QED) is 0.128. The standard InChI is InChI=1S/C31H36ClNO5/c1-31(2,3)38-30(35)12-8-5-9-21-36-26-17-19-28(20-18-26)37-27-15-13-25(14-16-27)33(29(34)22-32)23-24-10-6-4-7-11-24/h4,6-7,10-11,13-20H,5,8-9,12,21-23H2,1-3H3. The Bertz CT molecular complexity index is 1140. The molecule has 3 aromatic carbocycles. The van der Waals surface area contributed by atoms with Crippen LogP contribution in [0.3, 0.4) is 0 Å². The molecule has 0 aliphatic rings. The zero-order valence-corrected chi connectivity index (χ0v) is 23.1. The molecule has 0 aliphatic carbocycles. The van der Waals surface area contributed by atoms with Crippen molar-refractivity contribution in [3.8, 4) is 17.2 Å². The van der Waals surface area contributed by atoms with Crippen molar-refractivity contribution < 1.29 is 23.8 Å². The zero-order chi connectivity index (χ0) is 27.4. The van der Waals surface area contributed by atoms with Crippen LogP contribution in [-0.4, -0.2) is 30.0 Å². The number of hydrogen-bond donors (Lipinski definition) is 0. The fourth-order valence-corrected chi connectivity index (χ4v) is 3.87. The van der Waals surface area contributed by atoms with Gasteiger partial charge in [0.15, 0.2) is 0 Å². The molecule has 38 heavy (non-hydrogen) atoms. The third-order valence-corrected chi connectivity index (χ3v) is 5.75. The Morgan fingerprint density at radius 3 is 2.00 bits per heavy atom. The van der Waals surface area contributed by atoms with Crippen LogP contribution in [0.5, 0.6) is 17.2 Å². The van der Waals surface area contributed by atoms with E-state index in [4.69, 9.17) is 25.8 Å². The van der Waals surface area contributed by atoms with E-state index in [-0.39, 0.29) is 17.8 Å². The minimum Gasteiger partial charge on any atom is -0.494 e. The second kappa shape index (κ2) is 14.4. The van der Waals surface area contributed by atoms with Crippen LogP contribution in [0.4, 0.5) is 5.69 Å². The summed E-state index contributed by atoms with van der Waals surface area (Å²) in [4.78, 5) is 25.9. The van der Waals surface area contributed by atoms with Gasteiger partial charge in [-0.05, 0) is 94.1 Å². The van der Waals surface area contributed by atoms with Crippen LogP contribution in [0.1, 0.15) is 52.0 Å². The molecule has 0 atom stereocenters. The van der Waals surface area contributed by atoms with Crippen LogP contribution in [0.15, 0.2) is 78.9 Å². The fourth-order valence-electron chi connectivity index (χ4n) is 3.73. The molecule has 0 saturated heterocycles. The van der Waals surface area contributed by atoms with Gasteiger partial charge in [0.1, 0.15) is 28.7 Å². The lowest BCUT2D eigenvalue weighted by Crippen LogP contribution is -2.31. The van der Waals surface area contributed by atoms with Crippen molar-refractivity contribution in [2.24, 2.45) is 0 Å². The number of rotatable bonds is 13. The highest BCUT2D eigenvalue weighted by atomic mass is 35.5. The Morgan fingerprint density at radius 1 is 0.789 bits per heavy atom. The first-order valence-electron chi connectivity index (χ1n) is 12.9. The number of nitrogens with zero attached hydrogens (tertiary/aromatic N) is 1. The van der Waals surface area contributed by atoms with Gasteiger partial charge in [-0.15, -0.1) is 11.6 Å². The predicted octanol–water partition coefficient (Wildman–Crippen LogP) is 7.53. The maximum absolute atomic E-state index is 12.5. The van der Waals surface area contributed by atoms with Crippen LogP contribution in [0, 0.1) is 0 Å². The molecule has 0 aromatic heterocycles. The third kappa shape index (κ3) is 10.1. The molecule has 7 heteroatoms. The minimum absolute atomic E-state index is 0.0917. The average Bonchev–Trinajstić information content (AvgIpc) is 2.90. The van der Waals surface area contributed by atoms with Crippen molar-refractivity contribution in [1.29, 1.82) is 0 Å². The summed E-state index contributed by atoms with van der Waals surface area (Å²) in [5, 5.41) is 0. The van der Waals surface area contributed by atoms with E-state index in [9.17, 15) is 9.59 Å². The molecule has 3 aromatic rings. The van der Waals surface area contributed by atoms with Gasteiger partial charge in [0.05, 0.1) is 13.2 Å². The summed E-state index contributed by atoms with van der Waals surface area (Å²) in [7, 11) is 0. The topological polar surface area (TPSA) is 65.1 Å². The molecule has 6 nitrogen and oxygen atoms in total. The molecule has 0 spiro atoms. The molecular formula is C31H36ClNO5. The maximum atomic E-state index is 12.5. The number of benzene rings is 3. The highest BCUT2D eigenvalue weighted by molar-refractivity contribution is 6.29. The van der Waals surface area contributed by atoms with E-state index < -0.39 is 5.60 Å². The van der Waals surface area contributed by atoms with Crippen molar-refractivity contribution >= 4 is 29.2 Å². The highest BCUT2D eigenvalue weighted by Crippen LogP contribution is 2.27. The second-order valence-electron chi connectivity index (χ2n) is 9.91. The van der Waals surface area contributed by atoms with Crippen molar-refractivity contribution in [1.82, 2.24) is 0 Å². The van der Waals surface area contributed by atoms with E-state index >= 15 is 0 Å². The van der Waals surface area contributed by atoms with Gasteiger partial charge in [0.25, 0.3) is 0 Å². The van der Waals surface area contributed by atoms with E-state index in [0.717, 1.165) is 36.3 Å². The van der Waals surface area contributed by atoms with Gasteiger partial charge in [0, 0.05) is 12.1 Å². The van der Waals surface area contributed by atoms with Gasteiger partial charge in [-0.2, -0.15) is 0 Å². The average molecular weight is 538 g/mol. The fraction of sp³-hybridized carbons (Fsp3) is 0.355. The van der Waals surface area contributed by atoms with E-state index in [1.54, 1.807) is 4.90 Å². The molecular weight excluding hydrogens is 502 g/mol. The summed E-state index contributed by atoms with van der Waals surface area (Å²) in [5.41, 5.74) is 1.34. The summed E-state index contributed by atoms with van der Waals surface area (Å²) >= 11 is 5.86. The summed E-state index contributed by atoms with van der Waals surface area (Å²) < 4.78 is 17.1. The number of halogens is 1. The molecule has 3 rings (SSSR count). The summed E-state index contributed by atoms with van der Waals surface area (Å²) in [6, 6.07) is 24.6. The van der Waals surface area contributed by atoms with Crippen LogP contribution in [-0.2, 0) is 20.9 Å². The first kappa shape index (κ1) is 29.1. The summed E-state index contributed by atoms with van der Waals surface area (Å²) in [5.74, 6) is 1.69. The number of esters is 1. The molecule has 0 radical (unpaired) electrons. The smallest absolute Gasteiger partial charge is 0.306 e. The SMILES string of the molecule is CC(C)(C)OC(=O)CCCCCOc1ccc(Oc2ccc(N(Cc3ccccc3)C(=O)CCl)cc2)cc1. The first-order chi connectivity index (χ1) is 18.2. The van der Waals surface area contributed by atoms with Crippen molar-refractivity contribution in [2.45, 2.75) is 58.6 Å². The molecule has 0 bridgehead atoms. The Kier molecular flexibility index (Phi) is 11.0. The van der Waals surface area contributed by atoms with Gasteiger partial charge < -0.3 is 19.1 Å². The second-order valence-corrected chi connectivity index (χ2v) is 10.2. The lowest BCUT2D eigenvalue weighted by molar-refractivity contribution is -0.154. The van der Waals surface area contributed by atoms with Crippen LogP contribution in [0.2, 0.25) is 0 Å². The van der Waals surface area contributed by atoms with Crippen molar-refractivity contribution in [3.05, 3.63) is 84.4 Å². The minimum atomic E-state index is -0.437. The molecule has 0 fully saturated rings. The monoisotopic (exact) mass is 537 g/mol. The lowest BCUT2D eigenvalue weighted by Gasteiger charge is -2.22. The first-order valence-corrected chi connectivity index (χ1v) is 13.4. The number of amides is 1. The van der Waals surface area contributed by atoms with E-state index in [2.05, 4.69) is 0 Å². The number of anilines is 1. The number of unbranched alkanes of at least 4 members (excludes halogenated alkanes) is 2. The molecule has 202 valence electrons. The van der Waals surface area contributed by atoms with Crippen LogP contribution in [0.25, 0.3) is 0 Å². The van der Waals surface area contributed by atoms with E-state index in [1.165, 1.54) is 0 Å². The predicted molar refractivity (Wildman–Crippen MR) is 151 cm³/mol. The lowest BCUT2D eigenvalue weighted by atomic mass is 10.1. The number of ether oxygens (including phenoxy) is 3. The van der Waals surface area contributed by atoms with Crippen molar-refractivity contribution in [2.75, 3.05) is 17.4 Å². The Balaban J connectivity index is 1.44. The third-order valence-electron chi connectivity index (χ3n) is 5.52. The normalized spacial score (nSPS) is 11.1. The number of carbonyl (C=O) groups is 2. The van der Waals surface area contributed by atoms with Crippen LogP contribution < -0.4 is 14.4 Å². The van der Waals surface area contributed by atoms with Gasteiger partial charge in [-0.25, -0.2) is 0 Å². The van der Waals surface area contributed by atoms with Gasteiger partial charge in [-0.3, -0.25) is 9.59 Å².